The predicted molar refractivity (Wildman–Crippen MR) is 48.8 cm³/mol. The Morgan fingerprint density at radius 1 is 1.62 bits per heavy atom. The third kappa shape index (κ3) is 3.73. The molecule has 7 heteroatoms. The van der Waals surface area contributed by atoms with Gasteiger partial charge in [-0.3, -0.25) is 4.68 Å². The van der Waals surface area contributed by atoms with Gasteiger partial charge >= 0.3 is 0 Å². The normalized spacial score (nSPS) is 11.8. The fourth-order valence-corrected chi connectivity index (χ4v) is 1.74. The number of aryl methyl sites for hydroxylation is 1. The first kappa shape index (κ1) is 10.5. The van der Waals surface area contributed by atoms with Crippen LogP contribution in [0.1, 0.15) is 19.0 Å². The zero-order valence-corrected chi connectivity index (χ0v) is 8.72. The summed E-state index contributed by atoms with van der Waals surface area (Å²) < 4.78 is 22.9. The topological polar surface area (TPSA) is 64.8 Å². The van der Waals surface area contributed by atoms with E-state index in [-0.39, 0.29) is 5.75 Å². The average Bonchev–Trinajstić information content (AvgIpc) is 2.33. The maximum absolute atomic E-state index is 10.7. The minimum atomic E-state index is -3.52. The Bertz CT molecular complexity index is 373. The van der Waals surface area contributed by atoms with Crippen molar-refractivity contribution in [2.45, 2.75) is 25.6 Å². The summed E-state index contributed by atoms with van der Waals surface area (Å²) in [5.41, 5.74) is 0.378. The van der Waals surface area contributed by atoms with Gasteiger partial charge in [0.15, 0.2) is 0 Å². The highest BCUT2D eigenvalue weighted by Gasteiger charge is 2.10. The molecule has 0 aliphatic rings. The number of rotatable bonds is 4. The molecule has 5 nitrogen and oxygen atoms in total. The minimum absolute atomic E-state index is 0.266. The van der Waals surface area contributed by atoms with E-state index in [2.05, 4.69) is 10.3 Å². The van der Waals surface area contributed by atoms with E-state index in [9.17, 15) is 8.42 Å². The molecule has 0 amide bonds. The summed E-state index contributed by atoms with van der Waals surface area (Å²) in [6.07, 6.45) is 2.51. The first-order valence-corrected chi connectivity index (χ1v) is 6.30. The highest BCUT2D eigenvalue weighted by Crippen LogP contribution is 2.05. The lowest BCUT2D eigenvalue weighted by molar-refractivity contribution is 0.579. The number of aromatic nitrogens is 3. The van der Waals surface area contributed by atoms with Crippen LogP contribution in [0.2, 0.25) is 0 Å². The summed E-state index contributed by atoms with van der Waals surface area (Å²) in [6, 6.07) is 0. The van der Waals surface area contributed by atoms with Crippen LogP contribution in [-0.4, -0.2) is 23.4 Å². The van der Waals surface area contributed by atoms with Crippen LogP contribution in [0.15, 0.2) is 6.20 Å². The zero-order chi connectivity index (χ0) is 9.90. The Labute approximate surface area is 81.1 Å². The average molecular weight is 224 g/mol. The Morgan fingerprint density at radius 2 is 2.31 bits per heavy atom. The SMILES string of the molecule is CCCn1cc(CS(=O)(=O)Cl)nn1. The van der Waals surface area contributed by atoms with Crippen LogP contribution in [-0.2, 0) is 21.3 Å². The summed E-state index contributed by atoms with van der Waals surface area (Å²) in [5, 5.41) is 7.40. The fraction of sp³-hybridized carbons (Fsp3) is 0.667. The molecule has 1 rings (SSSR count). The Kier molecular flexibility index (Phi) is 3.27. The molecule has 0 spiro atoms. The van der Waals surface area contributed by atoms with Crippen molar-refractivity contribution in [3.05, 3.63) is 11.9 Å². The Hall–Kier alpha value is -0.620. The van der Waals surface area contributed by atoms with Crippen molar-refractivity contribution in [3.8, 4) is 0 Å². The molecule has 0 aromatic carbocycles. The smallest absolute Gasteiger partial charge is 0.238 e. The first-order chi connectivity index (χ1) is 6.01. The van der Waals surface area contributed by atoms with E-state index in [4.69, 9.17) is 10.7 Å². The molecule has 0 unspecified atom stereocenters. The number of halogens is 1. The molecule has 0 fully saturated rings. The van der Waals surface area contributed by atoms with Crippen LogP contribution in [0.25, 0.3) is 0 Å². The number of nitrogens with zero attached hydrogens (tertiary/aromatic N) is 3. The third-order valence-corrected chi connectivity index (χ3v) is 2.33. The van der Waals surface area contributed by atoms with E-state index in [1.54, 1.807) is 10.9 Å². The van der Waals surface area contributed by atoms with E-state index in [1.165, 1.54) is 0 Å². The predicted octanol–water partition coefficient (Wildman–Crippen LogP) is 0.757. The highest BCUT2D eigenvalue weighted by atomic mass is 35.7. The molecule has 0 aliphatic carbocycles. The van der Waals surface area contributed by atoms with Crippen LogP contribution in [0.4, 0.5) is 0 Å². The molecule has 13 heavy (non-hydrogen) atoms. The Morgan fingerprint density at radius 3 is 2.85 bits per heavy atom. The van der Waals surface area contributed by atoms with Gasteiger partial charge in [0.25, 0.3) is 0 Å². The first-order valence-electron chi connectivity index (χ1n) is 3.82. The van der Waals surface area contributed by atoms with Gasteiger partial charge in [-0.05, 0) is 6.42 Å². The van der Waals surface area contributed by atoms with E-state index in [1.807, 2.05) is 6.92 Å². The van der Waals surface area contributed by atoms with Crippen molar-refractivity contribution in [3.63, 3.8) is 0 Å². The molecular formula is C6H10ClN3O2S. The van der Waals surface area contributed by atoms with Gasteiger partial charge in [-0.25, -0.2) is 8.42 Å². The molecule has 0 saturated heterocycles. The lowest BCUT2D eigenvalue weighted by atomic mass is 10.5. The molecule has 0 N–H and O–H groups in total. The minimum Gasteiger partial charge on any atom is -0.252 e. The van der Waals surface area contributed by atoms with Gasteiger partial charge in [0.2, 0.25) is 9.05 Å². The lowest BCUT2D eigenvalue weighted by Gasteiger charge is -1.92. The third-order valence-electron chi connectivity index (χ3n) is 1.36. The van der Waals surface area contributed by atoms with Crippen molar-refractivity contribution in [2.75, 3.05) is 0 Å². The standard InChI is InChI=1S/C6H10ClN3O2S/c1-2-3-10-4-6(8-9-10)5-13(7,11)12/h4H,2-3,5H2,1H3. The van der Waals surface area contributed by atoms with E-state index in [0.29, 0.717) is 5.69 Å². The summed E-state index contributed by atoms with van der Waals surface area (Å²) in [6.45, 7) is 2.73. The summed E-state index contributed by atoms with van der Waals surface area (Å²) in [7, 11) is 1.53. The second-order valence-corrected chi connectivity index (χ2v) is 5.43. The molecule has 1 heterocycles. The monoisotopic (exact) mass is 223 g/mol. The molecule has 1 aromatic heterocycles. The van der Waals surface area contributed by atoms with Crippen LogP contribution in [0.3, 0.4) is 0 Å². The van der Waals surface area contributed by atoms with Crippen molar-refractivity contribution in [2.24, 2.45) is 0 Å². The maximum Gasteiger partial charge on any atom is 0.238 e. The van der Waals surface area contributed by atoms with Gasteiger partial charge in [0.1, 0.15) is 5.75 Å². The van der Waals surface area contributed by atoms with Gasteiger partial charge in [-0.2, -0.15) is 0 Å². The molecule has 0 saturated carbocycles. The largest absolute Gasteiger partial charge is 0.252 e. The van der Waals surface area contributed by atoms with E-state index in [0.717, 1.165) is 13.0 Å². The van der Waals surface area contributed by atoms with Crippen molar-refractivity contribution >= 4 is 19.7 Å². The fourth-order valence-electron chi connectivity index (χ4n) is 0.920. The molecule has 74 valence electrons. The van der Waals surface area contributed by atoms with Gasteiger partial charge in [0, 0.05) is 23.4 Å². The zero-order valence-electron chi connectivity index (χ0n) is 7.14. The van der Waals surface area contributed by atoms with Crippen molar-refractivity contribution in [1.82, 2.24) is 15.0 Å². The Balaban J connectivity index is 2.69. The molecule has 0 atom stereocenters. The molecule has 0 radical (unpaired) electrons. The van der Waals surface area contributed by atoms with Gasteiger partial charge in [-0.15, -0.1) is 5.10 Å². The number of hydrogen-bond acceptors (Lipinski definition) is 4. The van der Waals surface area contributed by atoms with Crippen LogP contribution in [0, 0.1) is 0 Å². The number of hydrogen-bond donors (Lipinski definition) is 0. The molecular weight excluding hydrogens is 214 g/mol. The van der Waals surface area contributed by atoms with Crippen molar-refractivity contribution in [1.29, 1.82) is 0 Å². The molecule has 0 aliphatic heterocycles. The van der Waals surface area contributed by atoms with E-state index >= 15 is 0 Å². The van der Waals surface area contributed by atoms with Gasteiger partial charge < -0.3 is 0 Å². The summed E-state index contributed by atoms with van der Waals surface area (Å²) in [4.78, 5) is 0. The maximum atomic E-state index is 10.7. The second kappa shape index (κ2) is 4.06. The highest BCUT2D eigenvalue weighted by molar-refractivity contribution is 8.13. The summed E-state index contributed by atoms with van der Waals surface area (Å²) >= 11 is 0. The second-order valence-electron chi connectivity index (χ2n) is 2.66. The van der Waals surface area contributed by atoms with E-state index < -0.39 is 9.05 Å². The van der Waals surface area contributed by atoms with Crippen LogP contribution < -0.4 is 0 Å². The van der Waals surface area contributed by atoms with Crippen LogP contribution in [0.5, 0.6) is 0 Å². The lowest BCUT2D eigenvalue weighted by Crippen LogP contribution is -1.96. The summed E-state index contributed by atoms with van der Waals surface area (Å²) in [5.74, 6) is -0.266. The van der Waals surface area contributed by atoms with Gasteiger partial charge in [-0.1, -0.05) is 12.1 Å². The quantitative estimate of drug-likeness (QED) is 0.707. The van der Waals surface area contributed by atoms with Crippen LogP contribution >= 0.6 is 10.7 Å². The van der Waals surface area contributed by atoms with Gasteiger partial charge in [0.05, 0.1) is 5.69 Å². The molecule has 1 aromatic rings. The van der Waals surface area contributed by atoms with Crippen molar-refractivity contribution < 1.29 is 8.42 Å². The molecule has 0 bridgehead atoms.